The van der Waals surface area contributed by atoms with Crippen LogP contribution in [0.3, 0.4) is 0 Å². The van der Waals surface area contributed by atoms with Crippen LogP contribution in [0.4, 0.5) is 0 Å². The van der Waals surface area contributed by atoms with Crippen LogP contribution < -0.4 is 10.9 Å². The van der Waals surface area contributed by atoms with Crippen LogP contribution in [-0.2, 0) is 9.59 Å². The zero-order chi connectivity index (χ0) is 23.7. The van der Waals surface area contributed by atoms with Gasteiger partial charge in [0.05, 0.1) is 21.1 Å². The molecule has 0 aromatic heterocycles. The third kappa shape index (κ3) is 3.22. The first-order valence-corrected chi connectivity index (χ1v) is 13.3. The van der Waals surface area contributed by atoms with Crippen LogP contribution in [0.5, 0.6) is 0 Å². The molecule has 4 aliphatic rings. The number of carbonyl (C=O) groups is 2. The van der Waals surface area contributed by atoms with Gasteiger partial charge in [-0.3, -0.25) is 9.59 Å². The van der Waals surface area contributed by atoms with Gasteiger partial charge in [-0.1, -0.05) is 73.4 Å². The van der Waals surface area contributed by atoms with Crippen LogP contribution in [0.2, 0.25) is 0 Å². The van der Waals surface area contributed by atoms with E-state index in [1.165, 1.54) is 25.0 Å². The number of rotatable bonds is 4. The fraction of sp³-hybridized carbons (Fsp3) is 0.750. The fourth-order valence-corrected chi connectivity index (χ4v) is 9.90. The molecule has 2 N–H and O–H groups in total. The Kier molecular flexibility index (Phi) is 5.84. The molecule has 2 amide bonds. The summed E-state index contributed by atoms with van der Waals surface area (Å²) in [6.07, 6.45) is 6.90. The lowest BCUT2D eigenvalue weighted by atomic mass is 9.70. The number of alkyl halides is 2. The van der Waals surface area contributed by atoms with Crippen molar-refractivity contribution in [1.82, 2.24) is 10.9 Å². The molecule has 0 aromatic rings. The van der Waals surface area contributed by atoms with Crippen LogP contribution in [0.1, 0.15) is 67.2 Å². The third-order valence-corrected chi connectivity index (χ3v) is 12.1. The summed E-state index contributed by atoms with van der Waals surface area (Å²) >= 11 is 7.57. The van der Waals surface area contributed by atoms with Gasteiger partial charge < -0.3 is 0 Å². The Bertz CT molecular complexity index is 866. The molecule has 0 aliphatic heterocycles. The van der Waals surface area contributed by atoms with E-state index in [-0.39, 0.29) is 31.3 Å². The van der Waals surface area contributed by atoms with E-state index in [1.54, 1.807) is 0 Å². The number of hydrogen-bond acceptors (Lipinski definition) is 4. The largest absolute Gasteiger partial charge is 0.268 e. The summed E-state index contributed by atoms with van der Waals surface area (Å²) < 4.78 is 0. The molecule has 4 bridgehead atoms. The molecule has 0 saturated heterocycles. The monoisotopic (exact) mass is 568 g/mol. The van der Waals surface area contributed by atoms with E-state index in [2.05, 4.69) is 94.5 Å². The first-order valence-electron chi connectivity index (χ1n) is 11.5. The highest BCUT2D eigenvalue weighted by molar-refractivity contribution is 9.10. The van der Waals surface area contributed by atoms with Gasteiger partial charge in [-0.05, 0) is 48.3 Å². The minimum Gasteiger partial charge on any atom is -0.268 e. The van der Waals surface area contributed by atoms with E-state index in [1.807, 2.05) is 0 Å². The molecule has 6 atom stereocenters. The molecule has 0 spiro atoms. The molecule has 0 heterocycles. The van der Waals surface area contributed by atoms with Gasteiger partial charge in [-0.15, -0.1) is 0 Å². The topological polar surface area (TPSA) is 82.9 Å². The van der Waals surface area contributed by atoms with Crippen LogP contribution in [0.15, 0.2) is 22.4 Å². The molecule has 8 heteroatoms. The minimum absolute atomic E-state index is 0.0346. The highest BCUT2D eigenvalue weighted by atomic mass is 79.9. The van der Waals surface area contributed by atoms with Crippen LogP contribution in [-0.4, -0.2) is 32.9 Å². The van der Waals surface area contributed by atoms with E-state index in [0.717, 1.165) is 24.3 Å². The molecule has 0 aromatic carbocycles. The van der Waals surface area contributed by atoms with Crippen LogP contribution in [0, 0.1) is 33.5 Å². The van der Waals surface area contributed by atoms with Crippen molar-refractivity contribution >= 4 is 55.1 Å². The Hall–Kier alpha value is -1.02. The molecule has 0 unspecified atom stereocenters. The highest BCUT2D eigenvalue weighted by Gasteiger charge is 2.65. The minimum atomic E-state index is -0.421. The standard InChI is InChI=1S/C24H34Br2N4O2/c1-21(2)13-9-11-23(21,5)19(17(13)25)29-27-15(31)7-8-16(32)28-30-20-18(26)14-10-12-24(20,6)22(14,3)4/h7-8,13-14,17-18H,9-12H2,1-6H3,(H,27,31)(H,28,32)/b8-7+,29-19+,30-20+/t13-,14+,17-,18-,23-,24+/m1/s1. The summed E-state index contributed by atoms with van der Waals surface area (Å²) in [5, 5.41) is 8.91. The van der Waals surface area contributed by atoms with Crippen molar-refractivity contribution in [3.8, 4) is 0 Å². The summed E-state index contributed by atoms with van der Waals surface area (Å²) in [6.45, 7) is 13.6. The first kappa shape index (κ1) is 24.1. The first-order chi connectivity index (χ1) is 14.8. The summed E-state index contributed by atoms with van der Waals surface area (Å²) in [5.74, 6) is 0.185. The Balaban J connectivity index is 1.37. The zero-order valence-corrected chi connectivity index (χ0v) is 22.9. The Labute approximate surface area is 207 Å². The summed E-state index contributed by atoms with van der Waals surface area (Å²) in [7, 11) is 0. The predicted octanol–water partition coefficient (Wildman–Crippen LogP) is 4.93. The smallest absolute Gasteiger partial charge is 0.264 e. The second-order valence-electron chi connectivity index (χ2n) is 11.5. The summed E-state index contributed by atoms with van der Waals surface area (Å²) in [5.41, 5.74) is 7.41. The van der Waals surface area contributed by atoms with Gasteiger partial charge in [0.25, 0.3) is 11.8 Å². The van der Waals surface area contributed by atoms with Crippen molar-refractivity contribution in [3.63, 3.8) is 0 Å². The van der Waals surface area contributed by atoms with E-state index < -0.39 is 11.8 Å². The number of nitrogens with zero attached hydrogens (tertiary/aromatic N) is 2. The number of halogens is 2. The Morgan fingerprint density at radius 3 is 1.41 bits per heavy atom. The Morgan fingerprint density at radius 2 is 1.12 bits per heavy atom. The lowest BCUT2D eigenvalue weighted by molar-refractivity contribution is -0.118. The lowest BCUT2D eigenvalue weighted by Gasteiger charge is -2.34. The van der Waals surface area contributed by atoms with Crippen molar-refractivity contribution < 1.29 is 9.59 Å². The van der Waals surface area contributed by atoms with E-state index in [0.29, 0.717) is 11.8 Å². The number of fused-ring (bicyclic) bond motifs is 4. The molecule has 176 valence electrons. The maximum absolute atomic E-state index is 12.3. The van der Waals surface area contributed by atoms with Gasteiger partial charge in [-0.25, -0.2) is 10.9 Å². The van der Waals surface area contributed by atoms with Crippen molar-refractivity contribution in [1.29, 1.82) is 0 Å². The molecular formula is C24H34Br2N4O2. The molecule has 4 rings (SSSR count). The van der Waals surface area contributed by atoms with E-state index >= 15 is 0 Å². The quantitative estimate of drug-likeness (QED) is 0.286. The number of hydrogen-bond donors (Lipinski definition) is 2. The van der Waals surface area contributed by atoms with Crippen molar-refractivity contribution in [2.24, 2.45) is 43.7 Å². The number of amides is 2. The highest BCUT2D eigenvalue weighted by Crippen LogP contribution is 2.66. The van der Waals surface area contributed by atoms with Gasteiger partial charge in [0.2, 0.25) is 0 Å². The molecular weight excluding hydrogens is 536 g/mol. The maximum Gasteiger partial charge on any atom is 0.264 e. The van der Waals surface area contributed by atoms with E-state index in [9.17, 15) is 9.59 Å². The SMILES string of the molecule is CC1(C)[C@H]2CC[C@@]1(C)/C(=N/NC(=O)/C=C/C(=O)N/N=C1\[C@H](Br)[C@H]3CC[C@@]1(C)C3(C)C)[C@@H]2Br. The van der Waals surface area contributed by atoms with E-state index in [4.69, 9.17) is 0 Å². The van der Waals surface area contributed by atoms with Crippen LogP contribution in [0.25, 0.3) is 0 Å². The second-order valence-corrected chi connectivity index (χ2v) is 13.5. The number of hydrazone groups is 2. The van der Waals surface area contributed by atoms with Gasteiger partial charge in [0, 0.05) is 23.0 Å². The summed E-state index contributed by atoms with van der Waals surface area (Å²) in [4.78, 5) is 24.9. The normalized spacial score (nSPS) is 43.5. The van der Waals surface area contributed by atoms with Crippen molar-refractivity contribution in [3.05, 3.63) is 12.2 Å². The maximum atomic E-state index is 12.3. The predicted molar refractivity (Wildman–Crippen MR) is 135 cm³/mol. The van der Waals surface area contributed by atoms with Crippen molar-refractivity contribution in [2.45, 2.75) is 76.9 Å². The van der Waals surface area contributed by atoms with Crippen molar-refractivity contribution in [2.75, 3.05) is 0 Å². The third-order valence-electron chi connectivity index (χ3n) is 9.93. The summed E-state index contributed by atoms with van der Waals surface area (Å²) in [6, 6.07) is 0. The molecule has 6 nitrogen and oxygen atoms in total. The van der Waals surface area contributed by atoms with Crippen LogP contribution >= 0.6 is 31.9 Å². The molecule has 4 aliphatic carbocycles. The fourth-order valence-electron chi connectivity index (χ4n) is 6.83. The van der Waals surface area contributed by atoms with Gasteiger partial charge in [0.15, 0.2) is 0 Å². The average molecular weight is 570 g/mol. The second kappa shape index (κ2) is 7.76. The molecule has 4 fully saturated rings. The van der Waals surface area contributed by atoms with Gasteiger partial charge >= 0.3 is 0 Å². The van der Waals surface area contributed by atoms with Gasteiger partial charge in [0.1, 0.15) is 0 Å². The zero-order valence-electron chi connectivity index (χ0n) is 19.8. The average Bonchev–Trinajstić information content (AvgIpc) is 3.19. The molecule has 0 radical (unpaired) electrons. The van der Waals surface area contributed by atoms with Gasteiger partial charge in [-0.2, -0.15) is 10.2 Å². The molecule has 32 heavy (non-hydrogen) atoms. The number of nitrogens with one attached hydrogen (secondary N) is 2. The molecule has 4 saturated carbocycles. The Morgan fingerprint density at radius 1 is 0.781 bits per heavy atom. The lowest BCUT2D eigenvalue weighted by Crippen LogP contribution is -2.36. The number of carbonyl (C=O) groups excluding carboxylic acids is 2.